The first kappa shape index (κ1) is 26.7. The van der Waals surface area contributed by atoms with Crippen LogP contribution >= 0.6 is 11.3 Å². The molecule has 0 unspecified atom stereocenters. The van der Waals surface area contributed by atoms with E-state index in [1.165, 1.54) is 70.1 Å². The Morgan fingerprint density at radius 2 is 1.07 bits per heavy atom. The molecule has 0 amide bonds. The van der Waals surface area contributed by atoms with Crippen molar-refractivity contribution in [3.63, 3.8) is 0 Å². The molecular formula is C43H30N2S. The van der Waals surface area contributed by atoms with Crippen molar-refractivity contribution >= 4 is 65.7 Å². The molecule has 0 saturated carbocycles. The summed E-state index contributed by atoms with van der Waals surface area (Å²) in [4.78, 5) is 3.69. The third-order valence-corrected chi connectivity index (χ3v) is 10.3. The second-order valence-corrected chi connectivity index (χ2v) is 12.8. The fourth-order valence-corrected chi connectivity index (χ4v) is 8.00. The number of hydrogen-bond donors (Lipinski definition) is 1. The summed E-state index contributed by atoms with van der Waals surface area (Å²) in [7, 11) is 0. The number of hydrogen-bond acceptors (Lipinski definition) is 3. The van der Waals surface area contributed by atoms with Gasteiger partial charge in [0.25, 0.3) is 0 Å². The summed E-state index contributed by atoms with van der Waals surface area (Å²) in [6.45, 7) is 0.783. The molecule has 7 aromatic carbocycles. The minimum atomic E-state index is 0.783. The number of thiophene rings is 1. The van der Waals surface area contributed by atoms with Crippen LogP contribution < -0.4 is 10.2 Å². The molecule has 218 valence electrons. The number of nitrogens with one attached hydrogen (secondary N) is 1. The van der Waals surface area contributed by atoms with Crippen LogP contribution in [0.4, 0.5) is 17.1 Å². The molecule has 2 heterocycles. The number of nitrogens with zero attached hydrogens (tertiary/aromatic N) is 1. The topological polar surface area (TPSA) is 15.3 Å². The van der Waals surface area contributed by atoms with Crippen molar-refractivity contribution in [2.45, 2.75) is 0 Å². The van der Waals surface area contributed by atoms with E-state index in [0.29, 0.717) is 0 Å². The molecule has 0 bridgehead atoms. The van der Waals surface area contributed by atoms with Gasteiger partial charge in [0.1, 0.15) is 0 Å². The lowest BCUT2D eigenvalue weighted by Crippen LogP contribution is -2.19. The van der Waals surface area contributed by atoms with E-state index < -0.39 is 0 Å². The summed E-state index contributed by atoms with van der Waals surface area (Å²) < 4.78 is 1.30. The minimum absolute atomic E-state index is 0.783. The lowest BCUT2D eigenvalue weighted by molar-refractivity contribution is 1.24. The molecule has 0 radical (unpaired) electrons. The molecule has 0 spiro atoms. The second-order valence-electron chi connectivity index (χ2n) is 11.8. The van der Waals surface area contributed by atoms with Crippen LogP contribution in [0.15, 0.2) is 164 Å². The number of anilines is 3. The zero-order chi connectivity index (χ0) is 30.5. The van der Waals surface area contributed by atoms with Crippen molar-refractivity contribution in [2.24, 2.45) is 0 Å². The van der Waals surface area contributed by atoms with Crippen molar-refractivity contribution in [1.82, 2.24) is 0 Å². The van der Waals surface area contributed by atoms with Crippen molar-refractivity contribution in [1.29, 1.82) is 0 Å². The van der Waals surface area contributed by atoms with Gasteiger partial charge in [-0.05, 0) is 86.3 Å². The van der Waals surface area contributed by atoms with Gasteiger partial charge < -0.3 is 10.2 Å². The highest BCUT2D eigenvalue weighted by atomic mass is 32.1. The van der Waals surface area contributed by atoms with Gasteiger partial charge in [-0.2, -0.15) is 0 Å². The van der Waals surface area contributed by atoms with E-state index in [4.69, 9.17) is 0 Å². The molecule has 1 aromatic heterocycles. The molecular weight excluding hydrogens is 577 g/mol. The zero-order valence-electron chi connectivity index (χ0n) is 25.2. The highest BCUT2D eigenvalue weighted by molar-refractivity contribution is 7.20. The zero-order valence-corrected chi connectivity index (χ0v) is 26.0. The summed E-state index contributed by atoms with van der Waals surface area (Å²) in [5, 5.41) is 10.1. The minimum Gasteiger partial charge on any atom is -0.380 e. The van der Waals surface area contributed by atoms with E-state index >= 15 is 0 Å². The SMILES string of the molecule is C1=C(N(c2ccc(-c3ccccc3)cc2)c2ccc(-c3ccc4c(ccc5ccccc54)c3)cc2)c2sc3ccccc3c2NC1. The van der Waals surface area contributed by atoms with Crippen LogP contribution in [0.2, 0.25) is 0 Å². The third-order valence-electron chi connectivity index (χ3n) is 9.08. The van der Waals surface area contributed by atoms with Gasteiger partial charge in [0.15, 0.2) is 0 Å². The van der Waals surface area contributed by atoms with Crippen LogP contribution in [0.3, 0.4) is 0 Å². The Kier molecular flexibility index (Phi) is 6.43. The van der Waals surface area contributed by atoms with Crippen LogP contribution in [0, 0.1) is 0 Å². The van der Waals surface area contributed by atoms with E-state index in [2.05, 4.69) is 174 Å². The second kappa shape index (κ2) is 11.1. The molecule has 1 aliphatic rings. The molecule has 0 atom stereocenters. The Balaban J connectivity index is 1.13. The van der Waals surface area contributed by atoms with Crippen molar-refractivity contribution in [3.05, 3.63) is 169 Å². The first-order chi connectivity index (χ1) is 22.8. The standard InChI is InChI=1S/C43H30N2S/c1-2-8-29(9-3-1)30-16-21-35(22-17-30)45(40-26-27-44-42-39-12-6-7-13-41(39)46-43(40)42)36-23-18-31(19-24-36)33-20-25-38-34(28-33)15-14-32-10-4-5-11-37(32)38/h1-26,28,44H,27H2. The molecule has 1 aliphatic heterocycles. The average molecular weight is 607 g/mol. The van der Waals surface area contributed by atoms with Gasteiger partial charge in [-0.3, -0.25) is 0 Å². The van der Waals surface area contributed by atoms with Crippen LogP contribution in [0.1, 0.15) is 4.88 Å². The Labute approximate surface area is 272 Å². The largest absolute Gasteiger partial charge is 0.380 e. The summed E-state index contributed by atoms with van der Waals surface area (Å²) in [6.07, 6.45) is 2.32. The van der Waals surface area contributed by atoms with E-state index in [0.717, 1.165) is 17.9 Å². The summed E-state index contributed by atoms with van der Waals surface area (Å²) >= 11 is 1.85. The van der Waals surface area contributed by atoms with Gasteiger partial charge in [-0.1, -0.05) is 121 Å². The maximum atomic E-state index is 3.67. The number of benzene rings is 7. The Bertz CT molecular complexity index is 2400. The lowest BCUT2D eigenvalue weighted by Gasteiger charge is -2.30. The molecule has 9 rings (SSSR count). The van der Waals surface area contributed by atoms with Crippen molar-refractivity contribution < 1.29 is 0 Å². The molecule has 3 heteroatoms. The molecule has 0 aliphatic carbocycles. The van der Waals surface area contributed by atoms with E-state index in [1.54, 1.807) is 0 Å². The highest BCUT2D eigenvalue weighted by Crippen LogP contribution is 2.46. The van der Waals surface area contributed by atoms with E-state index in [1.807, 2.05) is 11.3 Å². The molecule has 46 heavy (non-hydrogen) atoms. The Morgan fingerprint density at radius 1 is 0.478 bits per heavy atom. The van der Waals surface area contributed by atoms with Gasteiger partial charge in [0.2, 0.25) is 0 Å². The fraction of sp³-hybridized carbons (Fsp3) is 0.0233. The van der Waals surface area contributed by atoms with Crippen LogP contribution in [0.5, 0.6) is 0 Å². The number of fused-ring (bicyclic) bond motifs is 6. The van der Waals surface area contributed by atoms with Crippen molar-refractivity contribution in [2.75, 3.05) is 16.8 Å². The smallest absolute Gasteiger partial charge is 0.0752 e. The van der Waals surface area contributed by atoms with E-state index in [-0.39, 0.29) is 0 Å². The van der Waals surface area contributed by atoms with Gasteiger partial charge in [-0.15, -0.1) is 11.3 Å². The third kappa shape index (κ3) is 4.56. The molecule has 0 fully saturated rings. The Morgan fingerprint density at radius 3 is 1.85 bits per heavy atom. The normalized spacial score (nSPS) is 12.6. The number of rotatable bonds is 5. The van der Waals surface area contributed by atoms with Crippen LogP contribution in [-0.2, 0) is 0 Å². The van der Waals surface area contributed by atoms with Gasteiger partial charge in [0, 0.05) is 28.0 Å². The maximum Gasteiger partial charge on any atom is 0.0752 e. The van der Waals surface area contributed by atoms with Crippen molar-refractivity contribution in [3.8, 4) is 22.3 Å². The van der Waals surface area contributed by atoms with Crippen LogP contribution in [0.25, 0.3) is 59.6 Å². The average Bonchev–Trinajstić information content (AvgIpc) is 3.52. The summed E-state index contributed by atoms with van der Waals surface area (Å²) in [5.41, 5.74) is 9.59. The quantitative estimate of drug-likeness (QED) is 0.196. The van der Waals surface area contributed by atoms with E-state index in [9.17, 15) is 0 Å². The molecule has 8 aromatic rings. The lowest BCUT2D eigenvalue weighted by atomic mass is 9.97. The summed E-state index contributed by atoms with van der Waals surface area (Å²) in [5.74, 6) is 0. The first-order valence-electron chi connectivity index (χ1n) is 15.7. The highest BCUT2D eigenvalue weighted by Gasteiger charge is 2.25. The van der Waals surface area contributed by atoms with Crippen LogP contribution in [-0.4, -0.2) is 6.54 Å². The van der Waals surface area contributed by atoms with Gasteiger partial charge in [0.05, 0.1) is 16.3 Å². The van der Waals surface area contributed by atoms with Gasteiger partial charge >= 0.3 is 0 Å². The Hall–Kier alpha value is -5.64. The maximum absolute atomic E-state index is 3.67. The summed E-state index contributed by atoms with van der Waals surface area (Å²) in [6, 6.07) is 57.2. The molecule has 2 nitrogen and oxygen atoms in total. The monoisotopic (exact) mass is 606 g/mol. The molecule has 1 N–H and O–H groups in total. The van der Waals surface area contributed by atoms with Gasteiger partial charge in [-0.25, -0.2) is 0 Å². The molecule has 0 saturated heterocycles. The predicted octanol–water partition coefficient (Wildman–Crippen LogP) is 12.1. The first-order valence-corrected chi connectivity index (χ1v) is 16.6. The predicted molar refractivity (Wildman–Crippen MR) is 199 cm³/mol. The fourth-order valence-electron chi connectivity index (χ4n) is 6.79.